The van der Waals surface area contributed by atoms with E-state index in [-0.39, 0.29) is 24.5 Å². The van der Waals surface area contributed by atoms with Gasteiger partial charge in [-0.3, -0.25) is 0 Å². The molecule has 2 rings (SSSR count). The van der Waals surface area contributed by atoms with Gasteiger partial charge in [0.1, 0.15) is 5.82 Å². The second-order valence-electron chi connectivity index (χ2n) is 5.27. The van der Waals surface area contributed by atoms with Crippen molar-refractivity contribution in [2.45, 2.75) is 31.8 Å². The summed E-state index contributed by atoms with van der Waals surface area (Å²) in [5, 5.41) is 12.6. The number of hydrogen-bond donors (Lipinski definition) is 2. The molecule has 2 aromatic rings. The first kappa shape index (κ1) is 15.7. The van der Waals surface area contributed by atoms with Gasteiger partial charge < -0.3 is 10.4 Å². The fraction of sp³-hybridized carbons (Fsp3) is 0.333. The lowest BCUT2D eigenvalue weighted by Gasteiger charge is -2.24. The van der Waals surface area contributed by atoms with E-state index in [1.54, 1.807) is 12.1 Å². The monoisotopic (exact) mass is 287 g/mol. The minimum absolute atomic E-state index is 0.0459. The Bertz CT molecular complexity index is 544. The van der Waals surface area contributed by atoms with Crippen molar-refractivity contribution in [2.75, 3.05) is 6.61 Å². The maximum Gasteiger partial charge on any atom is 0.123 e. The van der Waals surface area contributed by atoms with Crippen LogP contribution in [0, 0.1) is 5.82 Å². The number of hydrogen-bond acceptors (Lipinski definition) is 2. The van der Waals surface area contributed by atoms with E-state index in [1.165, 1.54) is 11.6 Å². The Hall–Kier alpha value is -1.71. The van der Waals surface area contributed by atoms with Crippen LogP contribution in [0.5, 0.6) is 0 Å². The molecule has 0 radical (unpaired) electrons. The number of rotatable bonds is 7. The molecule has 2 N–H and O–H groups in total. The molecule has 0 saturated carbocycles. The lowest BCUT2D eigenvalue weighted by molar-refractivity contribution is 0.272. The largest absolute Gasteiger partial charge is 0.396 e. The number of aliphatic hydroxyl groups is 1. The van der Waals surface area contributed by atoms with Gasteiger partial charge in [0, 0.05) is 18.7 Å². The SMILES string of the molecule is CC(NC(CCCO)c1ccccc1)c1cccc(F)c1. The fourth-order valence-corrected chi connectivity index (χ4v) is 2.50. The van der Waals surface area contributed by atoms with Crippen molar-refractivity contribution in [3.63, 3.8) is 0 Å². The highest BCUT2D eigenvalue weighted by Gasteiger charge is 2.15. The van der Waals surface area contributed by atoms with E-state index in [1.807, 2.05) is 31.2 Å². The minimum Gasteiger partial charge on any atom is -0.396 e. The van der Waals surface area contributed by atoms with Gasteiger partial charge in [-0.25, -0.2) is 4.39 Å². The van der Waals surface area contributed by atoms with Gasteiger partial charge in [-0.05, 0) is 43.0 Å². The summed E-state index contributed by atoms with van der Waals surface area (Å²) in [5.74, 6) is -0.215. The lowest BCUT2D eigenvalue weighted by Crippen LogP contribution is -2.25. The van der Waals surface area contributed by atoms with Gasteiger partial charge in [-0.1, -0.05) is 42.5 Å². The molecular formula is C18H22FNO. The van der Waals surface area contributed by atoms with Crippen molar-refractivity contribution in [3.8, 4) is 0 Å². The summed E-state index contributed by atoms with van der Waals surface area (Å²) in [4.78, 5) is 0. The highest BCUT2D eigenvalue weighted by Crippen LogP contribution is 2.23. The molecule has 0 fully saturated rings. The molecule has 3 heteroatoms. The molecule has 2 unspecified atom stereocenters. The van der Waals surface area contributed by atoms with Gasteiger partial charge in [0.05, 0.1) is 0 Å². The van der Waals surface area contributed by atoms with Crippen molar-refractivity contribution >= 4 is 0 Å². The first-order valence-corrected chi connectivity index (χ1v) is 7.38. The van der Waals surface area contributed by atoms with Crippen molar-refractivity contribution in [3.05, 3.63) is 71.5 Å². The maximum atomic E-state index is 13.3. The summed E-state index contributed by atoms with van der Waals surface area (Å²) in [5.41, 5.74) is 2.12. The molecule has 0 aliphatic heterocycles. The molecule has 21 heavy (non-hydrogen) atoms. The van der Waals surface area contributed by atoms with Gasteiger partial charge in [0.2, 0.25) is 0 Å². The quantitative estimate of drug-likeness (QED) is 0.807. The van der Waals surface area contributed by atoms with Gasteiger partial charge in [0.15, 0.2) is 0 Å². The van der Waals surface area contributed by atoms with Gasteiger partial charge in [-0.15, -0.1) is 0 Å². The molecule has 0 saturated heterocycles. The second kappa shape index (κ2) is 7.91. The summed E-state index contributed by atoms with van der Waals surface area (Å²) in [6, 6.07) is 17.0. The minimum atomic E-state index is -0.215. The first-order chi connectivity index (χ1) is 10.2. The molecule has 112 valence electrons. The average Bonchev–Trinajstić information content (AvgIpc) is 2.52. The summed E-state index contributed by atoms with van der Waals surface area (Å²) in [7, 11) is 0. The van der Waals surface area contributed by atoms with Crippen LogP contribution >= 0.6 is 0 Å². The second-order valence-corrected chi connectivity index (χ2v) is 5.27. The maximum absolute atomic E-state index is 13.3. The van der Waals surface area contributed by atoms with Crippen molar-refractivity contribution in [2.24, 2.45) is 0 Å². The highest BCUT2D eigenvalue weighted by molar-refractivity contribution is 5.22. The average molecular weight is 287 g/mol. The predicted molar refractivity (Wildman–Crippen MR) is 83.5 cm³/mol. The van der Waals surface area contributed by atoms with E-state index in [9.17, 15) is 4.39 Å². The summed E-state index contributed by atoms with van der Waals surface area (Å²) in [6.07, 6.45) is 1.59. The zero-order chi connectivity index (χ0) is 15.1. The number of halogens is 1. The third-order valence-electron chi connectivity index (χ3n) is 3.65. The van der Waals surface area contributed by atoms with Crippen LogP contribution in [-0.2, 0) is 0 Å². The van der Waals surface area contributed by atoms with Crippen molar-refractivity contribution in [1.29, 1.82) is 0 Å². The van der Waals surface area contributed by atoms with Crippen LogP contribution in [0.25, 0.3) is 0 Å². The van der Waals surface area contributed by atoms with Crippen LogP contribution in [0.4, 0.5) is 4.39 Å². The zero-order valence-corrected chi connectivity index (χ0v) is 12.3. The van der Waals surface area contributed by atoms with Gasteiger partial charge in [-0.2, -0.15) is 0 Å². The number of aliphatic hydroxyl groups excluding tert-OH is 1. The molecule has 0 bridgehead atoms. The van der Waals surface area contributed by atoms with E-state index < -0.39 is 0 Å². The van der Waals surface area contributed by atoms with E-state index in [0.29, 0.717) is 0 Å². The van der Waals surface area contributed by atoms with E-state index in [4.69, 9.17) is 5.11 Å². The fourth-order valence-electron chi connectivity index (χ4n) is 2.50. The molecule has 0 aliphatic rings. The summed E-state index contributed by atoms with van der Waals surface area (Å²) in [6.45, 7) is 2.21. The molecule has 2 atom stereocenters. The topological polar surface area (TPSA) is 32.3 Å². The molecular weight excluding hydrogens is 265 g/mol. The van der Waals surface area contributed by atoms with Crippen LogP contribution < -0.4 is 5.32 Å². The van der Waals surface area contributed by atoms with Gasteiger partial charge in [0.25, 0.3) is 0 Å². The molecule has 0 heterocycles. The first-order valence-electron chi connectivity index (χ1n) is 7.38. The van der Waals surface area contributed by atoms with Gasteiger partial charge >= 0.3 is 0 Å². The lowest BCUT2D eigenvalue weighted by atomic mass is 9.99. The van der Waals surface area contributed by atoms with Crippen molar-refractivity contribution in [1.82, 2.24) is 5.32 Å². The van der Waals surface area contributed by atoms with Crippen LogP contribution in [0.2, 0.25) is 0 Å². The third-order valence-corrected chi connectivity index (χ3v) is 3.65. The summed E-state index contributed by atoms with van der Waals surface area (Å²) >= 11 is 0. The van der Waals surface area contributed by atoms with Crippen LogP contribution in [0.15, 0.2) is 54.6 Å². The Balaban J connectivity index is 2.11. The molecule has 0 spiro atoms. The number of benzene rings is 2. The third kappa shape index (κ3) is 4.66. The standard InChI is InChI=1S/C18H22FNO/c1-14(16-9-5-10-17(19)13-16)20-18(11-6-12-21)15-7-3-2-4-8-15/h2-5,7-10,13-14,18,20-21H,6,11-12H2,1H3. The van der Waals surface area contributed by atoms with E-state index in [0.717, 1.165) is 18.4 Å². The highest BCUT2D eigenvalue weighted by atomic mass is 19.1. The molecule has 0 aliphatic carbocycles. The Morgan fingerprint density at radius 3 is 2.43 bits per heavy atom. The Morgan fingerprint density at radius 2 is 1.76 bits per heavy atom. The molecule has 2 nitrogen and oxygen atoms in total. The number of nitrogens with one attached hydrogen (secondary N) is 1. The Labute approximate surface area is 125 Å². The van der Waals surface area contributed by atoms with E-state index in [2.05, 4.69) is 17.4 Å². The predicted octanol–water partition coefficient (Wildman–Crippen LogP) is 3.99. The smallest absolute Gasteiger partial charge is 0.123 e. The van der Waals surface area contributed by atoms with Crippen LogP contribution in [-0.4, -0.2) is 11.7 Å². The van der Waals surface area contributed by atoms with Crippen molar-refractivity contribution < 1.29 is 9.50 Å². The summed E-state index contributed by atoms with van der Waals surface area (Å²) < 4.78 is 13.3. The normalized spacial score (nSPS) is 13.9. The zero-order valence-electron chi connectivity index (χ0n) is 12.3. The van der Waals surface area contributed by atoms with E-state index >= 15 is 0 Å². The molecule has 0 amide bonds. The molecule has 2 aromatic carbocycles. The van der Waals surface area contributed by atoms with Crippen LogP contribution in [0.3, 0.4) is 0 Å². The molecule has 0 aromatic heterocycles. The Morgan fingerprint density at radius 1 is 1.05 bits per heavy atom. The Kier molecular flexibility index (Phi) is 5.90. The van der Waals surface area contributed by atoms with Crippen LogP contribution in [0.1, 0.15) is 43.0 Å².